The third kappa shape index (κ3) is 3.24. The van der Waals surface area contributed by atoms with Gasteiger partial charge in [-0.1, -0.05) is 6.07 Å². The van der Waals surface area contributed by atoms with Crippen molar-refractivity contribution in [3.8, 4) is 0 Å². The lowest BCUT2D eigenvalue weighted by atomic mass is 10.1. The molecule has 0 amide bonds. The monoisotopic (exact) mass is 278 g/mol. The molecule has 0 aromatic heterocycles. The van der Waals surface area contributed by atoms with Crippen molar-refractivity contribution in [3.05, 3.63) is 29.3 Å². The number of aryl methyl sites for hydroxylation is 1. The number of alkyl halides is 1. The van der Waals surface area contributed by atoms with E-state index in [0.29, 0.717) is 5.88 Å². The molecule has 2 nitrogen and oxygen atoms in total. The van der Waals surface area contributed by atoms with Crippen molar-refractivity contribution in [2.24, 2.45) is 5.92 Å². The number of benzene rings is 1. The van der Waals surface area contributed by atoms with E-state index in [9.17, 15) is 0 Å². The summed E-state index contributed by atoms with van der Waals surface area (Å²) in [6, 6.07) is 6.68. The standard InChI is InChI=1S/C16H23ClN2/c1-13-10-16(5-4-15(13)11-17)19-8-6-18(7-9-19)12-14-2-3-14/h4-5,10,14H,2-3,6-9,11-12H2,1H3. The highest BCUT2D eigenvalue weighted by atomic mass is 35.5. The van der Waals surface area contributed by atoms with E-state index in [-0.39, 0.29) is 0 Å². The van der Waals surface area contributed by atoms with Gasteiger partial charge in [0, 0.05) is 44.3 Å². The van der Waals surface area contributed by atoms with E-state index in [1.54, 1.807) is 0 Å². The van der Waals surface area contributed by atoms with Crippen LogP contribution in [0.15, 0.2) is 18.2 Å². The van der Waals surface area contributed by atoms with Gasteiger partial charge < -0.3 is 4.90 Å². The number of piperazine rings is 1. The molecular formula is C16H23ClN2. The van der Waals surface area contributed by atoms with Gasteiger partial charge in [0.1, 0.15) is 0 Å². The number of anilines is 1. The minimum Gasteiger partial charge on any atom is -0.369 e. The SMILES string of the molecule is Cc1cc(N2CCN(CC3CC3)CC2)ccc1CCl. The second-order valence-electron chi connectivity index (χ2n) is 5.98. The number of hydrogen-bond donors (Lipinski definition) is 0. The molecular weight excluding hydrogens is 256 g/mol. The molecule has 1 saturated heterocycles. The summed E-state index contributed by atoms with van der Waals surface area (Å²) in [5.41, 5.74) is 3.92. The fourth-order valence-electron chi connectivity index (χ4n) is 2.88. The molecule has 3 heteroatoms. The molecule has 1 aromatic carbocycles. The topological polar surface area (TPSA) is 6.48 Å². The number of halogens is 1. The maximum atomic E-state index is 5.92. The quantitative estimate of drug-likeness (QED) is 0.780. The molecule has 0 spiro atoms. The van der Waals surface area contributed by atoms with Gasteiger partial charge in [0.05, 0.1) is 0 Å². The third-order valence-corrected chi connectivity index (χ3v) is 4.71. The minimum atomic E-state index is 0.612. The summed E-state index contributed by atoms with van der Waals surface area (Å²) in [6.45, 7) is 8.24. The van der Waals surface area contributed by atoms with Gasteiger partial charge in [0.25, 0.3) is 0 Å². The van der Waals surface area contributed by atoms with Gasteiger partial charge in [-0.2, -0.15) is 0 Å². The summed E-state index contributed by atoms with van der Waals surface area (Å²) in [6.07, 6.45) is 2.92. The van der Waals surface area contributed by atoms with Crippen molar-refractivity contribution in [2.75, 3.05) is 37.6 Å². The third-order valence-electron chi connectivity index (χ3n) is 4.42. The van der Waals surface area contributed by atoms with E-state index in [2.05, 4.69) is 34.9 Å². The van der Waals surface area contributed by atoms with Crippen LogP contribution >= 0.6 is 11.6 Å². The predicted molar refractivity (Wildman–Crippen MR) is 82.1 cm³/mol. The highest BCUT2D eigenvalue weighted by Gasteiger charge is 2.26. The molecule has 1 heterocycles. The molecule has 0 atom stereocenters. The molecule has 1 aliphatic carbocycles. The summed E-state index contributed by atoms with van der Waals surface area (Å²) in [7, 11) is 0. The molecule has 2 aliphatic rings. The van der Waals surface area contributed by atoms with E-state index < -0.39 is 0 Å². The Balaban J connectivity index is 1.59. The van der Waals surface area contributed by atoms with Crippen LogP contribution in [-0.2, 0) is 5.88 Å². The molecule has 2 fully saturated rings. The van der Waals surface area contributed by atoms with Crippen LogP contribution in [0, 0.1) is 12.8 Å². The van der Waals surface area contributed by atoms with Gasteiger partial charge in [-0.25, -0.2) is 0 Å². The minimum absolute atomic E-state index is 0.612. The summed E-state index contributed by atoms with van der Waals surface area (Å²) >= 11 is 5.92. The highest BCUT2D eigenvalue weighted by Crippen LogP contribution is 2.30. The largest absolute Gasteiger partial charge is 0.369 e. The van der Waals surface area contributed by atoms with E-state index in [0.717, 1.165) is 19.0 Å². The zero-order chi connectivity index (χ0) is 13.2. The molecule has 1 aliphatic heterocycles. The number of hydrogen-bond acceptors (Lipinski definition) is 2. The summed E-state index contributed by atoms with van der Waals surface area (Å²) in [5, 5.41) is 0. The molecule has 1 aromatic rings. The van der Waals surface area contributed by atoms with Crippen molar-refractivity contribution >= 4 is 17.3 Å². The van der Waals surface area contributed by atoms with Crippen LogP contribution in [0.1, 0.15) is 24.0 Å². The van der Waals surface area contributed by atoms with E-state index in [4.69, 9.17) is 11.6 Å². The zero-order valence-corrected chi connectivity index (χ0v) is 12.5. The van der Waals surface area contributed by atoms with Gasteiger partial charge in [0.2, 0.25) is 0 Å². The average molecular weight is 279 g/mol. The van der Waals surface area contributed by atoms with E-state index in [1.807, 2.05) is 0 Å². The van der Waals surface area contributed by atoms with Crippen LogP contribution < -0.4 is 4.90 Å². The Morgan fingerprint density at radius 1 is 1.16 bits per heavy atom. The lowest BCUT2D eigenvalue weighted by Crippen LogP contribution is -2.47. The molecule has 3 rings (SSSR count). The molecule has 0 unspecified atom stereocenters. The predicted octanol–water partition coefficient (Wildman–Crippen LogP) is 3.27. The Bertz CT molecular complexity index is 434. The van der Waals surface area contributed by atoms with Gasteiger partial charge in [-0.15, -0.1) is 11.6 Å². The molecule has 0 bridgehead atoms. The first-order chi connectivity index (χ1) is 9.26. The van der Waals surface area contributed by atoms with Crippen LogP contribution in [0.25, 0.3) is 0 Å². The van der Waals surface area contributed by atoms with Crippen molar-refractivity contribution < 1.29 is 0 Å². The fourth-order valence-corrected chi connectivity index (χ4v) is 3.18. The van der Waals surface area contributed by atoms with Crippen molar-refractivity contribution in [2.45, 2.75) is 25.6 Å². The maximum absolute atomic E-state index is 5.92. The first-order valence-electron chi connectivity index (χ1n) is 7.39. The lowest BCUT2D eigenvalue weighted by molar-refractivity contribution is 0.248. The van der Waals surface area contributed by atoms with Gasteiger partial charge in [-0.05, 0) is 48.9 Å². The summed E-state index contributed by atoms with van der Waals surface area (Å²) in [5.74, 6) is 1.62. The van der Waals surface area contributed by atoms with Gasteiger partial charge in [0.15, 0.2) is 0 Å². The Hall–Kier alpha value is -0.730. The molecule has 0 radical (unpaired) electrons. The first kappa shape index (κ1) is 13.3. The fraction of sp³-hybridized carbons (Fsp3) is 0.625. The smallest absolute Gasteiger partial charge is 0.0476 e. The van der Waals surface area contributed by atoms with Gasteiger partial charge >= 0.3 is 0 Å². The van der Waals surface area contributed by atoms with Crippen LogP contribution in [0.2, 0.25) is 0 Å². The molecule has 104 valence electrons. The van der Waals surface area contributed by atoms with Crippen molar-refractivity contribution in [3.63, 3.8) is 0 Å². The first-order valence-corrected chi connectivity index (χ1v) is 7.92. The van der Waals surface area contributed by atoms with Crippen LogP contribution in [-0.4, -0.2) is 37.6 Å². The van der Waals surface area contributed by atoms with E-state index >= 15 is 0 Å². The van der Waals surface area contributed by atoms with Crippen LogP contribution in [0.4, 0.5) is 5.69 Å². The number of rotatable bonds is 4. The Labute approximate surface area is 121 Å². The molecule has 1 saturated carbocycles. The molecule has 0 N–H and O–H groups in total. The maximum Gasteiger partial charge on any atom is 0.0476 e. The Kier molecular flexibility index (Phi) is 3.99. The average Bonchev–Trinajstić information content (AvgIpc) is 3.23. The lowest BCUT2D eigenvalue weighted by Gasteiger charge is -2.36. The highest BCUT2D eigenvalue weighted by molar-refractivity contribution is 6.17. The summed E-state index contributed by atoms with van der Waals surface area (Å²) in [4.78, 5) is 5.14. The normalized spacial score (nSPS) is 20.8. The second-order valence-corrected chi connectivity index (χ2v) is 6.24. The van der Waals surface area contributed by atoms with Crippen molar-refractivity contribution in [1.29, 1.82) is 0 Å². The summed E-state index contributed by atoms with van der Waals surface area (Å²) < 4.78 is 0. The van der Waals surface area contributed by atoms with Crippen LogP contribution in [0.5, 0.6) is 0 Å². The Morgan fingerprint density at radius 2 is 1.89 bits per heavy atom. The number of nitrogens with zero attached hydrogens (tertiary/aromatic N) is 2. The van der Waals surface area contributed by atoms with E-state index in [1.165, 1.54) is 49.3 Å². The van der Waals surface area contributed by atoms with Crippen molar-refractivity contribution in [1.82, 2.24) is 4.90 Å². The zero-order valence-electron chi connectivity index (χ0n) is 11.7. The molecule has 19 heavy (non-hydrogen) atoms. The van der Waals surface area contributed by atoms with Crippen LogP contribution in [0.3, 0.4) is 0 Å². The van der Waals surface area contributed by atoms with Gasteiger partial charge in [-0.3, -0.25) is 4.90 Å². The Morgan fingerprint density at radius 3 is 2.47 bits per heavy atom. The second kappa shape index (κ2) is 5.72.